The number of anilines is 2. The first kappa shape index (κ1) is 19.6. The van der Waals surface area contributed by atoms with Crippen molar-refractivity contribution in [3.05, 3.63) is 89.2 Å². The van der Waals surface area contributed by atoms with Crippen molar-refractivity contribution in [3.63, 3.8) is 0 Å². The molecule has 0 saturated carbocycles. The minimum absolute atomic E-state index is 0.0333. The molecule has 0 heterocycles. The Labute approximate surface area is 163 Å². The van der Waals surface area contributed by atoms with Gasteiger partial charge in [-0.25, -0.2) is 12.8 Å². The second-order valence-corrected chi connectivity index (χ2v) is 8.10. The normalized spacial score (nSPS) is 11.1. The van der Waals surface area contributed by atoms with E-state index in [0.717, 1.165) is 5.56 Å². The van der Waals surface area contributed by atoms with Crippen LogP contribution in [0.2, 0.25) is 0 Å². The van der Waals surface area contributed by atoms with Crippen molar-refractivity contribution in [1.82, 2.24) is 0 Å². The van der Waals surface area contributed by atoms with Gasteiger partial charge in [0.05, 0.1) is 4.90 Å². The van der Waals surface area contributed by atoms with E-state index in [1.807, 2.05) is 6.92 Å². The average Bonchev–Trinajstić information content (AvgIpc) is 2.66. The Hall–Kier alpha value is -3.19. The van der Waals surface area contributed by atoms with E-state index in [1.54, 1.807) is 43.3 Å². The Morgan fingerprint density at radius 2 is 1.46 bits per heavy atom. The summed E-state index contributed by atoms with van der Waals surface area (Å²) in [6, 6.07) is 16.9. The standard InChI is InChI=1S/C21H19FN2O3S/c1-14-3-8-17(9-4-14)24-28(26,27)19-11-6-16(7-12-19)21(25)23-18-10-5-15(2)20(22)13-18/h3-13,24H,1-2H3,(H,23,25). The number of amides is 1. The highest BCUT2D eigenvalue weighted by atomic mass is 32.2. The van der Waals surface area contributed by atoms with Gasteiger partial charge in [0.2, 0.25) is 0 Å². The van der Waals surface area contributed by atoms with Crippen molar-refractivity contribution in [2.24, 2.45) is 0 Å². The summed E-state index contributed by atoms with van der Waals surface area (Å²) in [6.45, 7) is 3.54. The van der Waals surface area contributed by atoms with Gasteiger partial charge in [-0.15, -0.1) is 0 Å². The Kier molecular flexibility index (Phi) is 5.46. The lowest BCUT2D eigenvalue weighted by Crippen LogP contribution is -2.15. The fraction of sp³-hybridized carbons (Fsp3) is 0.0952. The summed E-state index contributed by atoms with van der Waals surface area (Å²) in [5.41, 5.74) is 2.54. The Bertz CT molecular complexity index is 1110. The molecule has 3 aromatic carbocycles. The lowest BCUT2D eigenvalue weighted by molar-refractivity contribution is 0.102. The molecule has 0 saturated heterocycles. The van der Waals surface area contributed by atoms with Crippen molar-refractivity contribution < 1.29 is 17.6 Å². The van der Waals surface area contributed by atoms with E-state index in [4.69, 9.17) is 0 Å². The molecule has 0 radical (unpaired) electrons. The molecule has 0 aliphatic heterocycles. The van der Waals surface area contributed by atoms with E-state index in [-0.39, 0.29) is 10.5 Å². The molecule has 0 atom stereocenters. The zero-order chi connectivity index (χ0) is 20.3. The Morgan fingerprint density at radius 1 is 0.857 bits per heavy atom. The number of hydrogen-bond donors (Lipinski definition) is 2. The zero-order valence-corrected chi connectivity index (χ0v) is 16.2. The Morgan fingerprint density at radius 3 is 2.07 bits per heavy atom. The molecule has 0 spiro atoms. The number of halogens is 1. The second kappa shape index (κ2) is 7.82. The van der Waals surface area contributed by atoms with Crippen molar-refractivity contribution in [3.8, 4) is 0 Å². The molecule has 2 N–H and O–H groups in total. The summed E-state index contributed by atoms with van der Waals surface area (Å²) in [5.74, 6) is -0.875. The van der Waals surface area contributed by atoms with E-state index >= 15 is 0 Å². The molecule has 5 nitrogen and oxygen atoms in total. The lowest BCUT2D eigenvalue weighted by atomic mass is 10.2. The number of benzene rings is 3. The second-order valence-electron chi connectivity index (χ2n) is 6.41. The highest BCUT2D eigenvalue weighted by molar-refractivity contribution is 7.92. The fourth-order valence-corrected chi connectivity index (χ4v) is 3.55. The number of rotatable bonds is 5. The zero-order valence-electron chi connectivity index (χ0n) is 15.4. The van der Waals surface area contributed by atoms with Crippen LogP contribution in [0, 0.1) is 19.7 Å². The number of carbonyl (C=O) groups is 1. The van der Waals surface area contributed by atoms with Crippen molar-refractivity contribution in [1.29, 1.82) is 0 Å². The highest BCUT2D eigenvalue weighted by Crippen LogP contribution is 2.18. The van der Waals surface area contributed by atoms with Gasteiger partial charge in [-0.1, -0.05) is 23.8 Å². The van der Waals surface area contributed by atoms with Gasteiger partial charge in [0.15, 0.2) is 0 Å². The van der Waals surface area contributed by atoms with Crippen molar-refractivity contribution in [2.45, 2.75) is 18.7 Å². The maximum atomic E-state index is 13.6. The summed E-state index contributed by atoms with van der Waals surface area (Å²) in [7, 11) is -3.77. The first-order valence-electron chi connectivity index (χ1n) is 8.52. The molecule has 0 bridgehead atoms. The molecule has 0 aromatic heterocycles. The van der Waals surface area contributed by atoms with Crippen LogP contribution >= 0.6 is 0 Å². The number of nitrogens with one attached hydrogen (secondary N) is 2. The largest absolute Gasteiger partial charge is 0.322 e. The van der Waals surface area contributed by atoms with Crippen LogP contribution in [-0.4, -0.2) is 14.3 Å². The third kappa shape index (κ3) is 4.55. The average molecular weight is 398 g/mol. The third-order valence-corrected chi connectivity index (χ3v) is 5.56. The summed E-state index contributed by atoms with van der Waals surface area (Å²) in [4.78, 5) is 12.3. The van der Waals surface area contributed by atoms with E-state index in [0.29, 0.717) is 16.9 Å². The van der Waals surface area contributed by atoms with Gasteiger partial charge in [-0.3, -0.25) is 9.52 Å². The first-order chi connectivity index (χ1) is 13.2. The quantitative estimate of drug-likeness (QED) is 0.665. The first-order valence-corrected chi connectivity index (χ1v) is 10.00. The molecule has 28 heavy (non-hydrogen) atoms. The van der Waals surface area contributed by atoms with Crippen LogP contribution in [0.25, 0.3) is 0 Å². The molecule has 0 aliphatic carbocycles. The topological polar surface area (TPSA) is 75.3 Å². The van der Waals surface area contributed by atoms with Crippen LogP contribution in [-0.2, 0) is 10.0 Å². The van der Waals surface area contributed by atoms with Crippen LogP contribution in [0.4, 0.5) is 15.8 Å². The summed E-state index contributed by atoms with van der Waals surface area (Å²) < 4.78 is 41.0. The fourth-order valence-electron chi connectivity index (χ4n) is 2.50. The minimum atomic E-state index is -3.77. The molecule has 7 heteroatoms. The lowest BCUT2D eigenvalue weighted by Gasteiger charge is -2.10. The van der Waals surface area contributed by atoms with Gasteiger partial charge in [0.25, 0.3) is 15.9 Å². The smallest absolute Gasteiger partial charge is 0.261 e. The molecule has 3 aromatic rings. The monoisotopic (exact) mass is 398 g/mol. The van der Waals surface area contributed by atoms with E-state index in [9.17, 15) is 17.6 Å². The number of sulfonamides is 1. The predicted octanol–water partition coefficient (Wildman–Crippen LogP) is 4.50. The van der Waals surface area contributed by atoms with Crippen molar-refractivity contribution >= 4 is 27.3 Å². The van der Waals surface area contributed by atoms with Gasteiger partial charge in [0, 0.05) is 16.9 Å². The highest BCUT2D eigenvalue weighted by Gasteiger charge is 2.15. The van der Waals surface area contributed by atoms with E-state index < -0.39 is 21.7 Å². The molecule has 3 rings (SSSR count). The molecule has 1 amide bonds. The Balaban J connectivity index is 1.73. The maximum Gasteiger partial charge on any atom is 0.261 e. The van der Waals surface area contributed by atoms with Crippen LogP contribution in [0.1, 0.15) is 21.5 Å². The van der Waals surface area contributed by atoms with Crippen LogP contribution < -0.4 is 10.0 Å². The van der Waals surface area contributed by atoms with Crippen molar-refractivity contribution in [2.75, 3.05) is 10.0 Å². The van der Waals surface area contributed by atoms with Crippen LogP contribution in [0.3, 0.4) is 0 Å². The molecule has 144 valence electrons. The van der Waals surface area contributed by atoms with Gasteiger partial charge >= 0.3 is 0 Å². The predicted molar refractivity (Wildman–Crippen MR) is 108 cm³/mol. The minimum Gasteiger partial charge on any atom is -0.322 e. The summed E-state index contributed by atoms with van der Waals surface area (Å²) in [6.07, 6.45) is 0. The number of aryl methyl sites for hydroxylation is 2. The maximum absolute atomic E-state index is 13.6. The van der Waals surface area contributed by atoms with E-state index in [1.165, 1.54) is 30.3 Å². The molecular formula is C21H19FN2O3S. The van der Waals surface area contributed by atoms with Crippen LogP contribution in [0.15, 0.2) is 71.6 Å². The number of carbonyl (C=O) groups excluding carboxylic acids is 1. The van der Waals surface area contributed by atoms with Gasteiger partial charge < -0.3 is 5.32 Å². The molecule has 0 fully saturated rings. The summed E-state index contributed by atoms with van der Waals surface area (Å²) in [5, 5.41) is 2.59. The van der Waals surface area contributed by atoms with Crippen LogP contribution in [0.5, 0.6) is 0 Å². The molecular weight excluding hydrogens is 379 g/mol. The third-order valence-electron chi connectivity index (χ3n) is 4.16. The van der Waals surface area contributed by atoms with E-state index in [2.05, 4.69) is 10.0 Å². The molecule has 0 unspecified atom stereocenters. The van der Waals surface area contributed by atoms with Gasteiger partial charge in [-0.05, 0) is 67.9 Å². The van der Waals surface area contributed by atoms with Gasteiger partial charge in [-0.2, -0.15) is 0 Å². The van der Waals surface area contributed by atoms with Gasteiger partial charge in [0.1, 0.15) is 5.82 Å². The SMILES string of the molecule is Cc1ccc(NS(=O)(=O)c2ccc(C(=O)Nc3ccc(C)c(F)c3)cc2)cc1. The number of hydrogen-bond acceptors (Lipinski definition) is 3. The molecule has 0 aliphatic rings. The summed E-state index contributed by atoms with van der Waals surface area (Å²) >= 11 is 0.